The van der Waals surface area contributed by atoms with Crippen molar-refractivity contribution in [1.29, 1.82) is 0 Å². The van der Waals surface area contributed by atoms with E-state index in [1.807, 2.05) is 0 Å². The monoisotopic (exact) mass is 240 g/mol. The summed E-state index contributed by atoms with van der Waals surface area (Å²) in [5, 5.41) is 10.1. The average Bonchev–Trinajstić information content (AvgIpc) is 2.28. The van der Waals surface area contributed by atoms with E-state index in [4.69, 9.17) is 0 Å². The van der Waals surface area contributed by atoms with Crippen LogP contribution in [-0.4, -0.2) is 18.2 Å². The maximum atomic E-state index is 12.9. The molecule has 1 N–H and O–H groups in total. The molecule has 0 saturated heterocycles. The Morgan fingerprint density at radius 1 is 1.53 bits per heavy atom. The molecule has 17 heavy (non-hydrogen) atoms. The van der Waals surface area contributed by atoms with Gasteiger partial charge in [0.2, 0.25) is 0 Å². The normalized spacial score (nSPS) is 14.2. The van der Waals surface area contributed by atoms with Gasteiger partial charge in [-0.25, -0.2) is 4.39 Å². The van der Waals surface area contributed by atoms with Gasteiger partial charge in [-0.3, -0.25) is 4.79 Å². The number of aliphatic hydroxyl groups is 1. The first-order valence-corrected chi connectivity index (χ1v) is 5.46. The van der Waals surface area contributed by atoms with E-state index >= 15 is 0 Å². The summed E-state index contributed by atoms with van der Waals surface area (Å²) in [6, 6.07) is 4.21. The molecular formula is C13H17FO3. The number of carbonyl (C=O) groups is 1. The van der Waals surface area contributed by atoms with Crippen molar-refractivity contribution in [2.24, 2.45) is 5.92 Å². The van der Waals surface area contributed by atoms with Crippen LogP contribution in [0.2, 0.25) is 0 Å². The van der Waals surface area contributed by atoms with Crippen molar-refractivity contribution in [2.75, 3.05) is 7.11 Å². The van der Waals surface area contributed by atoms with E-state index in [1.54, 1.807) is 19.9 Å². The van der Waals surface area contributed by atoms with Crippen LogP contribution in [0.15, 0.2) is 18.2 Å². The fourth-order valence-corrected chi connectivity index (χ4v) is 1.74. The molecule has 0 bridgehead atoms. The second kappa shape index (κ2) is 5.77. The van der Waals surface area contributed by atoms with E-state index in [9.17, 15) is 14.3 Å². The van der Waals surface area contributed by atoms with E-state index in [2.05, 4.69) is 4.74 Å². The van der Waals surface area contributed by atoms with Crippen LogP contribution < -0.4 is 0 Å². The quantitative estimate of drug-likeness (QED) is 0.822. The number of methoxy groups -OCH3 is 1. The molecule has 0 spiro atoms. The summed E-state index contributed by atoms with van der Waals surface area (Å²) in [6.07, 6.45) is -0.663. The fourth-order valence-electron chi connectivity index (χ4n) is 1.74. The molecule has 0 aliphatic carbocycles. The minimum Gasteiger partial charge on any atom is -0.469 e. The zero-order chi connectivity index (χ0) is 13.0. The number of esters is 1. The van der Waals surface area contributed by atoms with E-state index in [0.29, 0.717) is 11.1 Å². The molecule has 0 fully saturated rings. The van der Waals surface area contributed by atoms with Gasteiger partial charge in [0, 0.05) is 0 Å². The fraction of sp³-hybridized carbons (Fsp3) is 0.462. The van der Waals surface area contributed by atoms with Crippen LogP contribution in [0.3, 0.4) is 0 Å². The first-order valence-electron chi connectivity index (χ1n) is 5.46. The van der Waals surface area contributed by atoms with E-state index in [0.717, 1.165) is 0 Å². The Balaban J connectivity index is 2.81. The molecule has 0 aliphatic heterocycles. The smallest absolute Gasteiger partial charge is 0.305 e. The predicted molar refractivity (Wildman–Crippen MR) is 61.9 cm³/mol. The first kappa shape index (κ1) is 13.6. The highest BCUT2D eigenvalue weighted by Crippen LogP contribution is 2.27. The SMILES string of the molecule is COC(=O)CC(C)C(O)c1ccc(F)cc1C. The summed E-state index contributed by atoms with van der Waals surface area (Å²) in [6.45, 7) is 3.48. The molecule has 4 heteroatoms. The first-order chi connectivity index (χ1) is 7.95. The average molecular weight is 240 g/mol. The molecule has 1 aromatic rings. The van der Waals surface area contributed by atoms with Gasteiger partial charge >= 0.3 is 5.97 Å². The van der Waals surface area contributed by atoms with Crippen LogP contribution in [0.25, 0.3) is 0 Å². The number of halogens is 1. The third-order valence-electron chi connectivity index (χ3n) is 2.81. The van der Waals surface area contributed by atoms with Gasteiger partial charge in [0.1, 0.15) is 5.82 Å². The van der Waals surface area contributed by atoms with Crippen molar-refractivity contribution >= 4 is 5.97 Å². The zero-order valence-corrected chi connectivity index (χ0v) is 10.2. The number of carbonyl (C=O) groups excluding carboxylic acids is 1. The zero-order valence-electron chi connectivity index (χ0n) is 10.2. The maximum absolute atomic E-state index is 12.9. The molecule has 1 aromatic carbocycles. The summed E-state index contributed by atoms with van der Waals surface area (Å²) in [7, 11) is 1.31. The Bertz CT molecular complexity index is 404. The van der Waals surface area contributed by atoms with Crippen molar-refractivity contribution in [1.82, 2.24) is 0 Å². The minimum atomic E-state index is -0.797. The van der Waals surface area contributed by atoms with Crippen molar-refractivity contribution in [3.63, 3.8) is 0 Å². The molecule has 0 aliphatic rings. The molecule has 2 unspecified atom stereocenters. The third-order valence-corrected chi connectivity index (χ3v) is 2.81. The Morgan fingerprint density at radius 2 is 2.18 bits per heavy atom. The van der Waals surface area contributed by atoms with Crippen molar-refractivity contribution in [3.05, 3.63) is 35.1 Å². The van der Waals surface area contributed by atoms with E-state index in [1.165, 1.54) is 19.2 Å². The second-order valence-electron chi connectivity index (χ2n) is 4.20. The number of benzene rings is 1. The van der Waals surface area contributed by atoms with Crippen molar-refractivity contribution in [2.45, 2.75) is 26.4 Å². The molecule has 94 valence electrons. The topological polar surface area (TPSA) is 46.5 Å². The van der Waals surface area contributed by atoms with Crippen LogP contribution in [0.5, 0.6) is 0 Å². The van der Waals surface area contributed by atoms with E-state index in [-0.39, 0.29) is 24.1 Å². The third kappa shape index (κ3) is 3.53. The molecule has 2 atom stereocenters. The molecule has 0 aromatic heterocycles. The van der Waals surface area contributed by atoms with Gasteiger partial charge in [-0.1, -0.05) is 13.0 Å². The molecule has 3 nitrogen and oxygen atoms in total. The summed E-state index contributed by atoms with van der Waals surface area (Å²) in [4.78, 5) is 11.1. The summed E-state index contributed by atoms with van der Waals surface area (Å²) in [5.74, 6) is -0.970. The molecule has 0 radical (unpaired) electrons. The lowest BCUT2D eigenvalue weighted by molar-refractivity contribution is -0.142. The molecule has 0 saturated carbocycles. The van der Waals surface area contributed by atoms with Crippen molar-refractivity contribution in [3.8, 4) is 0 Å². The van der Waals surface area contributed by atoms with Crippen LogP contribution in [0.1, 0.15) is 30.6 Å². The van der Waals surface area contributed by atoms with Gasteiger partial charge in [-0.2, -0.15) is 0 Å². The number of hydrogen-bond acceptors (Lipinski definition) is 3. The van der Waals surface area contributed by atoms with Gasteiger partial charge in [0.05, 0.1) is 19.6 Å². The molecule has 0 heterocycles. The van der Waals surface area contributed by atoms with Gasteiger partial charge < -0.3 is 9.84 Å². The standard InChI is InChI=1S/C13H17FO3/c1-8-6-10(14)4-5-11(8)13(16)9(2)7-12(15)17-3/h4-6,9,13,16H,7H2,1-3H3. The Morgan fingerprint density at radius 3 is 2.71 bits per heavy atom. The Kier molecular flexibility index (Phi) is 4.63. The second-order valence-corrected chi connectivity index (χ2v) is 4.20. The summed E-state index contributed by atoms with van der Waals surface area (Å²) < 4.78 is 17.5. The minimum absolute atomic E-state index is 0.133. The highest BCUT2D eigenvalue weighted by atomic mass is 19.1. The Hall–Kier alpha value is -1.42. The maximum Gasteiger partial charge on any atom is 0.305 e. The van der Waals surface area contributed by atoms with Gasteiger partial charge in [0.25, 0.3) is 0 Å². The van der Waals surface area contributed by atoms with Crippen LogP contribution in [-0.2, 0) is 9.53 Å². The van der Waals surface area contributed by atoms with E-state index < -0.39 is 6.10 Å². The van der Waals surface area contributed by atoms with Gasteiger partial charge in [-0.15, -0.1) is 0 Å². The van der Waals surface area contributed by atoms with Crippen molar-refractivity contribution < 1.29 is 19.0 Å². The highest BCUT2D eigenvalue weighted by molar-refractivity contribution is 5.69. The van der Waals surface area contributed by atoms with Crippen LogP contribution in [0, 0.1) is 18.7 Å². The number of rotatable bonds is 4. The van der Waals surface area contributed by atoms with Gasteiger partial charge in [0.15, 0.2) is 0 Å². The molecular weight excluding hydrogens is 223 g/mol. The number of ether oxygens (including phenoxy) is 1. The largest absolute Gasteiger partial charge is 0.469 e. The number of aryl methyl sites for hydroxylation is 1. The molecule has 1 rings (SSSR count). The number of hydrogen-bond donors (Lipinski definition) is 1. The van der Waals surface area contributed by atoms with Crippen LogP contribution in [0.4, 0.5) is 4.39 Å². The number of aliphatic hydroxyl groups excluding tert-OH is 1. The lowest BCUT2D eigenvalue weighted by Crippen LogP contribution is -2.15. The lowest BCUT2D eigenvalue weighted by atomic mass is 9.92. The summed E-state index contributed by atoms with van der Waals surface area (Å²) >= 11 is 0. The Labute approximate surface area is 100 Å². The highest BCUT2D eigenvalue weighted by Gasteiger charge is 2.21. The van der Waals surface area contributed by atoms with Crippen LogP contribution >= 0.6 is 0 Å². The molecule has 0 amide bonds. The summed E-state index contributed by atoms with van der Waals surface area (Å²) in [5.41, 5.74) is 1.32. The van der Waals surface area contributed by atoms with Gasteiger partial charge in [-0.05, 0) is 36.1 Å². The lowest BCUT2D eigenvalue weighted by Gasteiger charge is -2.20. The predicted octanol–water partition coefficient (Wildman–Crippen LogP) is 2.37.